The number of hydrogen-bond acceptors (Lipinski definition) is 4. The molecule has 0 aliphatic heterocycles. The van der Waals surface area contributed by atoms with E-state index in [1.165, 1.54) is 20.9 Å². The molecule has 7 heteroatoms. The Labute approximate surface area is 112 Å². The van der Waals surface area contributed by atoms with Crippen LogP contribution in [0.3, 0.4) is 0 Å². The molecule has 2 N–H and O–H groups in total. The van der Waals surface area contributed by atoms with Gasteiger partial charge in [0.1, 0.15) is 17.7 Å². The first-order chi connectivity index (χ1) is 8.45. The van der Waals surface area contributed by atoms with Gasteiger partial charge >= 0.3 is 12.1 Å². The maximum atomic E-state index is 11.7. The lowest BCUT2D eigenvalue weighted by Crippen LogP contribution is -2.50. The van der Waals surface area contributed by atoms with Crippen molar-refractivity contribution in [3.8, 4) is 0 Å². The average molecular weight is 274 g/mol. The smallest absolute Gasteiger partial charge is 0.410 e. The molecule has 0 aliphatic rings. The number of nitrogens with one attached hydrogen (secondary N) is 1. The van der Waals surface area contributed by atoms with Crippen molar-refractivity contribution in [1.29, 1.82) is 0 Å². The highest BCUT2D eigenvalue weighted by Crippen LogP contribution is 2.10. The molecular formula is C12H22N2O5. The van der Waals surface area contributed by atoms with Crippen LogP contribution in [0.15, 0.2) is 0 Å². The Morgan fingerprint density at radius 2 is 1.68 bits per heavy atom. The molecule has 7 nitrogen and oxygen atoms in total. The predicted octanol–water partition coefficient (Wildman–Crippen LogP) is 0.831. The second kappa shape index (κ2) is 6.40. The number of carbonyl (C=O) groups is 3. The number of carbonyl (C=O) groups excluding carboxylic acids is 2. The molecule has 0 spiro atoms. The van der Waals surface area contributed by atoms with E-state index in [0.29, 0.717) is 0 Å². The van der Waals surface area contributed by atoms with E-state index in [9.17, 15) is 14.4 Å². The summed E-state index contributed by atoms with van der Waals surface area (Å²) in [4.78, 5) is 35.2. The first-order valence-corrected chi connectivity index (χ1v) is 5.94. The van der Waals surface area contributed by atoms with Gasteiger partial charge in [-0.2, -0.15) is 0 Å². The van der Waals surface area contributed by atoms with Crippen LogP contribution < -0.4 is 5.32 Å². The zero-order valence-electron chi connectivity index (χ0n) is 12.2. The second-order valence-electron chi connectivity index (χ2n) is 5.34. The lowest BCUT2D eigenvalue weighted by molar-refractivity contribution is -0.141. The standard InChI is InChI=1S/C12H22N2O5/c1-7(10(16)17)13-9(15)8(2)14(6)11(18)19-12(3,4)5/h7-8H,1-6H3,(H,13,15)(H,16,17). The van der Waals surface area contributed by atoms with Crippen molar-refractivity contribution < 1.29 is 24.2 Å². The van der Waals surface area contributed by atoms with Gasteiger partial charge in [0.15, 0.2) is 0 Å². The molecule has 2 atom stereocenters. The molecule has 110 valence electrons. The van der Waals surface area contributed by atoms with Gasteiger partial charge < -0.3 is 15.2 Å². The molecule has 0 bridgehead atoms. The van der Waals surface area contributed by atoms with E-state index in [2.05, 4.69) is 5.32 Å². The van der Waals surface area contributed by atoms with Crippen molar-refractivity contribution in [2.24, 2.45) is 0 Å². The second-order valence-corrected chi connectivity index (χ2v) is 5.34. The molecule has 0 aromatic carbocycles. The molecule has 0 saturated heterocycles. The fourth-order valence-corrected chi connectivity index (χ4v) is 1.06. The summed E-state index contributed by atoms with van der Waals surface area (Å²) >= 11 is 0. The summed E-state index contributed by atoms with van der Waals surface area (Å²) < 4.78 is 5.11. The Morgan fingerprint density at radius 1 is 1.21 bits per heavy atom. The number of aliphatic carboxylic acids is 1. The summed E-state index contributed by atoms with van der Waals surface area (Å²) in [5.74, 6) is -1.69. The minimum Gasteiger partial charge on any atom is -0.480 e. The van der Waals surface area contributed by atoms with E-state index in [0.717, 1.165) is 4.90 Å². The molecule has 0 radical (unpaired) electrons. The van der Waals surface area contributed by atoms with Gasteiger partial charge in [0.2, 0.25) is 5.91 Å². The lowest BCUT2D eigenvalue weighted by atomic mass is 10.2. The molecule has 2 unspecified atom stereocenters. The van der Waals surface area contributed by atoms with E-state index < -0.39 is 35.7 Å². The zero-order chi connectivity index (χ0) is 15.4. The van der Waals surface area contributed by atoms with E-state index >= 15 is 0 Å². The van der Waals surface area contributed by atoms with Gasteiger partial charge in [0.05, 0.1) is 0 Å². The molecule has 0 aliphatic carbocycles. The lowest BCUT2D eigenvalue weighted by Gasteiger charge is -2.28. The van der Waals surface area contributed by atoms with Gasteiger partial charge in [-0.3, -0.25) is 14.5 Å². The molecule has 0 aromatic rings. The quantitative estimate of drug-likeness (QED) is 0.791. The van der Waals surface area contributed by atoms with E-state index in [-0.39, 0.29) is 0 Å². The summed E-state index contributed by atoms with van der Waals surface area (Å²) in [6.07, 6.45) is -0.641. The van der Waals surface area contributed by atoms with Crippen molar-refractivity contribution in [2.75, 3.05) is 7.05 Å². The topological polar surface area (TPSA) is 95.9 Å². The minimum absolute atomic E-state index is 0.553. The number of carboxylic acid groups (broad SMARTS) is 1. The summed E-state index contributed by atoms with van der Waals surface area (Å²) in [6.45, 7) is 8.00. The van der Waals surface area contributed by atoms with Crippen LogP contribution in [0, 0.1) is 0 Å². The van der Waals surface area contributed by atoms with Crippen LogP contribution in [0.5, 0.6) is 0 Å². The van der Waals surface area contributed by atoms with Gasteiger partial charge in [-0.1, -0.05) is 0 Å². The fourth-order valence-electron chi connectivity index (χ4n) is 1.06. The Morgan fingerprint density at radius 3 is 2.05 bits per heavy atom. The molecule has 0 saturated carbocycles. The van der Waals surface area contributed by atoms with Crippen LogP contribution in [0.4, 0.5) is 4.79 Å². The SMILES string of the molecule is CC(NC(=O)C(C)N(C)C(=O)OC(C)(C)C)C(=O)O. The van der Waals surface area contributed by atoms with Gasteiger partial charge in [0.25, 0.3) is 0 Å². The van der Waals surface area contributed by atoms with Gasteiger partial charge in [-0.25, -0.2) is 4.79 Å². The van der Waals surface area contributed by atoms with Crippen molar-refractivity contribution in [1.82, 2.24) is 10.2 Å². The van der Waals surface area contributed by atoms with Crippen LogP contribution in [-0.2, 0) is 14.3 Å². The first kappa shape index (κ1) is 17.2. The Bertz CT molecular complexity index is 362. The molecule has 0 heterocycles. The minimum atomic E-state index is -1.14. The first-order valence-electron chi connectivity index (χ1n) is 5.94. The fraction of sp³-hybridized carbons (Fsp3) is 0.750. The Kier molecular flexibility index (Phi) is 5.80. The zero-order valence-corrected chi connectivity index (χ0v) is 12.2. The maximum absolute atomic E-state index is 11.7. The van der Waals surface area contributed by atoms with Gasteiger partial charge in [0, 0.05) is 7.05 Å². The van der Waals surface area contributed by atoms with Crippen molar-refractivity contribution in [2.45, 2.75) is 52.3 Å². The highest BCUT2D eigenvalue weighted by molar-refractivity contribution is 5.88. The third kappa shape index (κ3) is 6.08. The van der Waals surface area contributed by atoms with Crippen LogP contribution in [-0.4, -0.2) is 52.7 Å². The molecule has 2 amide bonds. The number of rotatable bonds is 4. The maximum Gasteiger partial charge on any atom is 0.410 e. The van der Waals surface area contributed by atoms with E-state index in [1.807, 2.05) is 0 Å². The van der Waals surface area contributed by atoms with Gasteiger partial charge in [-0.15, -0.1) is 0 Å². The largest absolute Gasteiger partial charge is 0.480 e. The molecule has 0 fully saturated rings. The predicted molar refractivity (Wildman–Crippen MR) is 68.7 cm³/mol. The third-order valence-corrected chi connectivity index (χ3v) is 2.37. The molecule has 19 heavy (non-hydrogen) atoms. The van der Waals surface area contributed by atoms with Crippen LogP contribution in [0.2, 0.25) is 0 Å². The number of ether oxygens (including phenoxy) is 1. The monoisotopic (exact) mass is 274 g/mol. The van der Waals surface area contributed by atoms with Crippen molar-refractivity contribution in [3.05, 3.63) is 0 Å². The summed E-state index contributed by atoms with van der Waals surface area (Å²) in [5.41, 5.74) is -0.657. The Hall–Kier alpha value is -1.79. The summed E-state index contributed by atoms with van der Waals surface area (Å²) in [7, 11) is 1.42. The number of amides is 2. The number of hydrogen-bond donors (Lipinski definition) is 2. The number of nitrogens with zero attached hydrogens (tertiary/aromatic N) is 1. The highest BCUT2D eigenvalue weighted by Gasteiger charge is 2.28. The van der Waals surface area contributed by atoms with Crippen LogP contribution in [0.1, 0.15) is 34.6 Å². The van der Waals surface area contributed by atoms with E-state index in [4.69, 9.17) is 9.84 Å². The summed E-state index contributed by atoms with van der Waals surface area (Å²) in [6, 6.07) is -1.83. The molecule has 0 rings (SSSR count). The normalized spacial score (nSPS) is 14.2. The average Bonchev–Trinajstić information content (AvgIpc) is 2.24. The third-order valence-electron chi connectivity index (χ3n) is 2.37. The van der Waals surface area contributed by atoms with Crippen LogP contribution >= 0.6 is 0 Å². The Balaban J connectivity index is 4.56. The molecular weight excluding hydrogens is 252 g/mol. The number of likely N-dealkylation sites (N-methyl/N-ethyl adjacent to an activating group) is 1. The van der Waals surface area contributed by atoms with Gasteiger partial charge in [-0.05, 0) is 34.6 Å². The van der Waals surface area contributed by atoms with Crippen LogP contribution in [0.25, 0.3) is 0 Å². The highest BCUT2D eigenvalue weighted by atomic mass is 16.6. The number of carboxylic acids is 1. The van der Waals surface area contributed by atoms with Crippen molar-refractivity contribution in [3.63, 3.8) is 0 Å². The van der Waals surface area contributed by atoms with Crippen molar-refractivity contribution >= 4 is 18.0 Å². The summed E-state index contributed by atoms with van der Waals surface area (Å²) in [5, 5.41) is 11.0. The molecule has 0 aromatic heterocycles. The van der Waals surface area contributed by atoms with E-state index in [1.54, 1.807) is 20.8 Å².